The number of hydrogen-bond acceptors (Lipinski definition) is 5. The van der Waals surface area contributed by atoms with E-state index in [1.165, 1.54) is 6.20 Å². The van der Waals surface area contributed by atoms with Crippen LogP contribution in [0.1, 0.15) is 18.1 Å². The summed E-state index contributed by atoms with van der Waals surface area (Å²) in [7, 11) is -3.10. The molecular formula is C11H15BrN2O3S. The Morgan fingerprint density at radius 1 is 1.56 bits per heavy atom. The molecule has 0 bridgehead atoms. The van der Waals surface area contributed by atoms with Gasteiger partial charge in [0.15, 0.2) is 9.84 Å². The molecule has 3 N–H and O–H groups in total. The lowest BCUT2D eigenvalue weighted by Crippen LogP contribution is -2.38. The van der Waals surface area contributed by atoms with Gasteiger partial charge in [-0.05, 0) is 28.4 Å². The van der Waals surface area contributed by atoms with Crippen LogP contribution < -0.4 is 5.73 Å². The van der Waals surface area contributed by atoms with E-state index in [4.69, 9.17) is 5.73 Å². The second-order valence-corrected chi connectivity index (χ2v) is 7.85. The monoisotopic (exact) mass is 334 g/mol. The number of aromatic nitrogens is 1. The number of hydrogen-bond donors (Lipinski definition) is 2. The largest absolute Gasteiger partial charge is 0.388 e. The summed E-state index contributed by atoms with van der Waals surface area (Å²) in [6.45, 7) is 0.139. The Morgan fingerprint density at radius 3 is 2.78 bits per heavy atom. The first-order chi connectivity index (χ1) is 8.38. The Labute approximate surface area is 114 Å². The van der Waals surface area contributed by atoms with Gasteiger partial charge in [-0.25, -0.2) is 8.42 Å². The fraction of sp³-hybridized carbons (Fsp3) is 0.545. The zero-order valence-electron chi connectivity index (χ0n) is 9.71. The molecule has 18 heavy (non-hydrogen) atoms. The van der Waals surface area contributed by atoms with Gasteiger partial charge in [-0.1, -0.05) is 0 Å². The molecule has 0 radical (unpaired) electrons. The predicted octanol–water partition coefficient (Wildman–Crippen LogP) is 0.641. The third-order valence-electron chi connectivity index (χ3n) is 3.45. The quantitative estimate of drug-likeness (QED) is 0.846. The lowest BCUT2D eigenvalue weighted by atomic mass is 9.79. The first kappa shape index (κ1) is 13.9. The average Bonchev–Trinajstić information content (AvgIpc) is 2.65. The number of sulfone groups is 1. The number of halogens is 1. The van der Waals surface area contributed by atoms with Crippen LogP contribution in [0.15, 0.2) is 22.9 Å². The van der Waals surface area contributed by atoms with Gasteiger partial charge in [0.05, 0.1) is 17.6 Å². The molecule has 1 fully saturated rings. The third kappa shape index (κ3) is 2.59. The van der Waals surface area contributed by atoms with Crippen LogP contribution in [0.3, 0.4) is 0 Å². The summed E-state index contributed by atoms with van der Waals surface area (Å²) in [5, 5.41) is 10.4. The topological polar surface area (TPSA) is 93.3 Å². The van der Waals surface area contributed by atoms with E-state index in [0.29, 0.717) is 12.0 Å². The van der Waals surface area contributed by atoms with Crippen molar-refractivity contribution >= 4 is 25.8 Å². The minimum atomic E-state index is -3.10. The van der Waals surface area contributed by atoms with Gasteiger partial charge in [-0.2, -0.15) is 0 Å². The molecule has 0 spiro atoms. The molecule has 0 saturated carbocycles. The van der Waals surface area contributed by atoms with Crippen LogP contribution in [0.2, 0.25) is 0 Å². The molecule has 1 aromatic rings. The van der Waals surface area contributed by atoms with E-state index in [9.17, 15) is 13.5 Å². The Kier molecular flexibility index (Phi) is 3.77. The van der Waals surface area contributed by atoms with Crippen LogP contribution >= 0.6 is 15.9 Å². The molecule has 1 aliphatic rings. The van der Waals surface area contributed by atoms with Gasteiger partial charge in [0.25, 0.3) is 0 Å². The van der Waals surface area contributed by atoms with Crippen molar-refractivity contribution in [3.05, 3.63) is 28.5 Å². The maximum atomic E-state index is 11.6. The summed E-state index contributed by atoms with van der Waals surface area (Å²) in [6, 6.07) is 1.74. The summed E-state index contributed by atoms with van der Waals surface area (Å²) in [5.41, 5.74) is 5.51. The molecular weight excluding hydrogens is 320 g/mol. The Morgan fingerprint density at radius 2 is 2.28 bits per heavy atom. The summed E-state index contributed by atoms with van der Waals surface area (Å²) < 4.78 is 24.0. The number of nitrogens with two attached hydrogens (primary N) is 1. The molecule has 2 atom stereocenters. The van der Waals surface area contributed by atoms with Gasteiger partial charge in [0.1, 0.15) is 0 Å². The molecule has 1 saturated heterocycles. The van der Waals surface area contributed by atoms with Crippen molar-refractivity contribution in [2.75, 3.05) is 18.1 Å². The van der Waals surface area contributed by atoms with Crippen molar-refractivity contribution in [1.29, 1.82) is 0 Å². The molecule has 2 heterocycles. The van der Waals surface area contributed by atoms with Crippen LogP contribution in [-0.4, -0.2) is 36.6 Å². The highest BCUT2D eigenvalue weighted by atomic mass is 79.9. The van der Waals surface area contributed by atoms with Crippen LogP contribution in [0, 0.1) is 5.41 Å². The lowest BCUT2D eigenvalue weighted by molar-refractivity contribution is 0.0469. The number of rotatable bonds is 3. The zero-order chi connectivity index (χ0) is 13.4. The fourth-order valence-electron chi connectivity index (χ4n) is 2.36. The van der Waals surface area contributed by atoms with E-state index >= 15 is 0 Å². The molecule has 1 aliphatic heterocycles. The van der Waals surface area contributed by atoms with E-state index in [-0.39, 0.29) is 18.1 Å². The Hall–Kier alpha value is -0.500. The Balaban J connectivity index is 2.34. The van der Waals surface area contributed by atoms with E-state index in [1.54, 1.807) is 12.3 Å². The van der Waals surface area contributed by atoms with Gasteiger partial charge < -0.3 is 10.8 Å². The molecule has 0 aromatic carbocycles. The molecule has 1 aromatic heterocycles. The molecule has 0 aliphatic carbocycles. The van der Waals surface area contributed by atoms with Crippen LogP contribution in [0.25, 0.3) is 0 Å². The Bertz CT molecular complexity index is 549. The number of aliphatic hydroxyl groups excluding tert-OH is 1. The first-order valence-corrected chi connectivity index (χ1v) is 8.19. The van der Waals surface area contributed by atoms with Crippen molar-refractivity contribution < 1.29 is 13.5 Å². The van der Waals surface area contributed by atoms with Gasteiger partial charge in [0, 0.05) is 34.4 Å². The summed E-state index contributed by atoms with van der Waals surface area (Å²) in [6.07, 6.45) is 2.62. The van der Waals surface area contributed by atoms with Gasteiger partial charge in [-0.15, -0.1) is 0 Å². The maximum Gasteiger partial charge on any atom is 0.151 e. The van der Waals surface area contributed by atoms with E-state index < -0.39 is 21.4 Å². The van der Waals surface area contributed by atoms with Crippen molar-refractivity contribution in [2.45, 2.75) is 12.5 Å². The third-order valence-corrected chi connectivity index (χ3v) is 5.72. The molecule has 5 nitrogen and oxygen atoms in total. The SMILES string of the molecule is NCC1(C(O)c2cncc(Br)c2)CCS(=O)(=O)C1. The number of pyridine rings is 1. The smallest absolute Gasteiger partial charge is 0.151 e. The van der Waals surface area contributed by atoms with Crippen LogP contribution in [0.5, 0.6) is 0 Å². The minimum absolute atomic E-state index is 0.0653. The highest BCUT2D eigenvalue weighted by molar-refractivity contribution is 9.10. The zero-order valence-corrected chi connectivity index (χ0v) is 12.1. The van der Waals surface area contributed by atoms with Crippen molar-refractivity contribution in [3.8, 4) is 0 Å². The predicted molar refractivity (Wildman–Crippen MR) is 71.7 cm³/mol. The lowest BCUT2D eigenvalue weighted by Gasteiger charge is -2.31. The highest BCUT2D eigenvalue weighted by Crippen LogP contribution is 2.42. The first-order valence-electron chi connectivity index (χ1n) is 5.58. The maximum absolute atomic E-state index is 11.6. The molecule has 100 valence electrons. The van der Waals surface area contributed by atoms with E-state index in [1.807, 2.05) is 0 Å². The van der Waals surface area contributed by atoms with Crippen LogP contribution in [0.4, 0.5) is 0 Å². The fourth-order valence-corrected chi connectivity index (χ4v) is 4.90. The molecule has 7 heteroatoms. The second kappa shape index (κ2) is 4.88. The number of nitrogens with zero attached hydrogens (tertiary/aromatic N) is 1. The minimum Gasteiger partial charge on any atom is -0.388 e. The number of aliphatic hydroxyl groups is 1. The van der Waals surface area contributed by atoms with Gasteiger partial charge >= 0.3 is 0 Å². The molecule has 2 unspecified atom stereocenters. The van der Waals surface area contributed by atoms with Gasteiger partial charge in [0.2, 0.25) is 0 Å². The average molecular weight is 335 g/mol. The normalized spacial score (nSPS) is 28.2. The van der Waals surface area contributed by atoms with E-state index in [2.05, 4.69) is 20.9 Å². The molecule has 2 rings (SSSR count). The van der Waals surface area contributed by atoms with Crippen molar-refractivity contribution in [1.82, 2.24) is 4.98 Å². The van der Waals surface area contributed by atoms with E-state index in [0.717, 1.165) is 4.47 Å². The van der Waals surface area contributed by atoms with Crippen molar-refractivity contribution in [3.63, 3.8) is 0 Å². The standard InChI is InChI=1S/C11H15BrN2O3S/c12-9-3-8(4-14-5-9)10(15)11(6-13)1-2-18(16,17)7-11/h3-5,10,15H,1-2,6-7,13H2. The van der Waals surface area contributed by atoms with Gasteiger partial charge in [-0.3, -0.25) is 4.98 Å². The second-order valence-electron chi connectivity index (χ2n) is 4.75. The summed E-state index contributed by atoms with van der Waals surface area (Å²) >= 11 is 3.28. The highest BCUT2D eigenvalue weighted by Gasteiger charge is 2.47. The van der Waals surface area contributed by atoms with Crippen molar-refractivity contribution in [2.24, 2.45) is 11.1 Å². The van der Waals surface area contributed by atoms with Crippen LogP contribution in [-0.2, 0) is 9.84 Å². The molecule has 0 amide bonds. The summed E-state index contributed by atoms with van der Waals surface area (Å²) in [5.74, 6) is 0.0207. The summed E-state index contributed by atoms with van der Waals surface area (Å²) in [4.78, 5) is 3.98.